The van der Waals surface area contributed by atoms with Gasteiger partial charge in [0.1, 0.15) is 18.3 Å². The van der Waals surface area contributed by atoms with Crippen LogP contribution in [0.3, 0.4) is 0 Å². The maximum absolute atomic E-state index is 14.7. The molecule has 43 heavy (non-hydrogen) atoms. The summed E-state index contributed by atoms with van der Waals surface area (Å²) in [6, 6.07) is 0. The molecular formula is C35H42O8. The Balaban J connectivity index is 1.42. The van der Waals surface area contributed by atoms with Gasteiger partial charge in [-0.05, 0) is 52.0 Å². The minimum atomic E-state index is -1.21. The lowest BCUT2D eigenvalue weighted by atomic mass is 9.54. The summed E-state index contributed by atoms with van der Waals surface area (Å²) in [6.07, 6.45) is 5.52. The number of carbonyl (C=O) groups is 4. The SMILES string of the molecule is C=C1C(=O)O[C@@H]2[C@@H]3C4(C=C[C@@]3(C)C3(C4)C(=O)O[C@@H]4[C@H]5C(C)=CC(=O)C5=C(C)C[C@H](OC(=O)CC(C)C)[C@H]43)[C@](C)(O)CC[C@@H]12. The van der Waals surface area contributed by atoms with Crippen LogP contribution in [0.25, 0.3) is 0 Å². The van der Waals surface area contributed by atoms with Gasteiger partial charge in [0, 0.05) is 52.6 Å². The molecule has 2 saturated heterocycles. The summed E-state index contributed by atoms with van der Waals surface area (Å²) >= 11 is 0. The lowest BCUT2D eigenvalue weighted by Gasteiger charge is -2.46. The van der Waals surface area contributed by atoms with E-state index >= 15 is 0 Å². The lowest BCUT2D eigenvalue weighted by molar-refractivity contribution is -0.162. The summed E-state index contributed by atoms with van der Waals surface area (Å²) in [7, 11) is 0. The quantitative estimate of drug-likeness (QED) is 0.220. The number of ether oxygens (including phenoxy) is 3. The Labute approximate surface area is 252 Å². The third-order valence-corrected chi connectivity index (χ3v) is 12.6. The van der Waals surface area contributed by atoms with Crippen LogP contribution >= 0.6 is 0 Å². The molecule has 7 aliphatic rings. The van der Waals surface area contributed by atoms with Crippen LogP contribution in [0.5, 0.6) is 0 Å². The molecule has 8 nitrogen and oxygen atoms in total. The first-order valence-corrected chi connectivity index (χ1v) is 15.7. The summed E-state index contributed by atoms with van der Waals surface area (Å²) in [6.45, 7) is 15.6. The Bertz CT molecular complexity index is 1480. The summed E-state index contributed by atoms with van der Waals surface area (Å²) in [4.78, 5) is 54.1. The van der Waals surface area contributed by atoms with Crippen LogP contribution in [0, 0.1) is 45.8 Å². The number of allylic oxidation sites excluding steroid dienone is 2. The number of hydrogen-bond donors (Lipinski definition) is 1. The van der Waals surface area contributed by atoms with E-state index in [4.69, 9.17) is 14.2 Å². The molecule has 0 amide bonds. The molecule has 5 aliphatic carbocycles. The Kier molecular flexibility index (Phi) is 5.88. The van der Waals surface area contributed by atoms with Crippen LogP contribution in [0.2, 0.25) is 0 Å². The zero-order chi connectivity index (χ0) is 31.0. The lowest BCUT2D eigenvalue weighted by Crippen LogP contribution is -2.53. The molecule has 7 rings (SSSR count). The van der Waals surface area contributed by atoms with Crippen molar-refractivity contribution < 1.29 is 38.5 Å². The van der Waals surface area contributed by atoms with Crippen molar-refractivity contribution in [2.75, 3.05) is 0 Å². The zero-order valence-electron chi connectivity index (χ0n) is 25.9. The molecular weight excluding hydrogens is 548 g/mol. The van der Waals surface area contributed by atoms with Gasteiger partial charge in [0.2, 0.25) is 0 Å². The largest absolute Gasteiger partial charge is 0.462 e. The molecule has 0 aromatic heterocycles. The van der Waals surface area contributed by atoms with E-state index in [0.717, 1.165) is 11.1 Å². The van der Waals surface area contributed by atoms with Crippen molar-refractivity contribution in [3.05, 3.63) is 47.1 Å². The van der Waals surface area contributed by atoms with E-state index in [1.165, 1.54) is 0 Å². The summed E-state index contributed by atoms with van der Waals surface area (Å²) in [5, 5.41) is 12.3. The monoisotopic (exact) mass is 590 g/mol. The van der Waals surface area contributed by atoms with Crippen LogP contribution in [-0.4, -0.2) is 52.7 Å². The van der Waals surface area contributed by atoms with Crippen LogP contribution in [0.1, 0.15) is 73.6 Å². The molecule has 2 bridgehead atoms. The molecule has 2 saturated carbocycles. The summed E-state index contributed by atoms with van der Waals surface area (Å²) < 4.78 is 18.8. The number of esters is 3. The molecule has 2 unspecified atom stereocenters. The molecule has 11 atom stereocenters. The maximum atomic E-state index is 14.7. The average molecular weight is 591 g/mol. The van der Waals surface area contributed by atoms with Crippen molar-refractivity contribution >= 4 is 23.7 Å². The third kappa shape index (κ3) is 3.36. The second-order valence-electron chi connectivity index (χ2n) is 15.2. The van der Waals surface area contributed by atoms with Gasteiger partial charge in [-0.15, -0.1) is 0 Å². The van der Waals surface area contributed by atoms with Gasteiger partial charge in [-0.1, -0.05) is 50.6 Å². The van der Waals surface area contributed by atoms with E-state index in [0.29, 0.717) is 30.4 Å². The second-order valence-corrected chi connectivity index (χ2v) is 15.2. The van der Waals surface area contributed by atoms with Crippen LogP contribution in [-0.2, 0) is 33.4 Å². The van der Waals surface area contributed by atoms with Crippen molar-refractivity contribution in [2.45, 2.75) is 97.6 Å². The number of hydrogen-bond acceptors (Lipinski definition) is 8. The van der Waals surface area contributed by atoms with E-state index in [-0.39, 0.29) is 36.4 Å². The molecule has 0 aromatic carbocycles. The molecule has 230 valence electrons. The van der Waals surface area contributed by atoms with E-state index in [2.05, 4.69) is 12.7 Å². The average Bonchev–Trinajstić information content (AvgIpc) is 3.57. The Morgan fingerprint density at radius 1 is 1.14 bits per heavy atom. The van der Waals surface area contributed by atoms with Gasteiger partial charge in [0.15, 0.2) is 5.78 Å². The number of rotatable bonds is 3. The molecule has 8 heteroatoms. The van der Waals surface area contributed by atoms with Gasteiger partial charge in [-0.25, -0.2) is 4.79 Å². The van der Waals surface area contributed by atoms with Crippen LogP contribution < -0.4 is 0 Å². The Morgan fingerprint density at radius 2 is 1.86 bits per heavy atom. The van der Waals surface area contributed by atoms with E-state index in [1.54, 1.807) is 6.08 Å². The van der Waals surface area contributed by atoms with Crippen molar-refractivity contribution in [3.8, 4) is 0 Å². The van der Waals surface area contributed by atoms with Crippen LogP contribution in [0.15, 0.2) is 47.1 Å². The maximum Gasteiger partial charge on any atom is 0.334 e. The fourth-order valence-corrected chi connectivity index (χ4v) is 10.7. The van der Waals surface area contributed by atoms with Gasteiger partial charge in [-0.3, -0.25) is 14.4 Å². The number of fused-ring (bicyclic) bond motifs is 6. The Hall–Kier alpha value is -3.00. The second kappa shape index (κ2) is 8.80. The molecule has 2 heterocycles. The number of carbonyl (C=O) groups excluding carboxylic acids is 4. The van der Waals surface area contributed by atoms with Gasteiger partial charge in [-0.2, -0.15) is 0 Å². The molecule has 1 spiro atoms. The van der Waals surface area contributed by atoms with Crippen molar-refractivity contribution in [1.82, 2.24) is 0 Å². The zero-order valence-corrected chi connectivity index (χ0v) is 25.9. The predicted molar refractivity (Wildman–Crippen MR) is 155 cm³/mol. The summed E-state index contributed by atoms with van der Waals surface area (Å²) in [5.74, 6) is -2.87. The molecule has 2 aliphatic heterocycles. The Morgan fingerprint density at radius 3 is 2.56 bits per heavy atom. The fourth-order valence-electron chi connectivity index (χ4n) is 10.7. The van der Waals surface area contributed by atoms with E-state index < -0.39 is 69.9 Å². The minimum absolute atomic E-state index is 0.0840. The highest BCUT2D eigenvalue weighted by atomic mass is 16.6. The van der Waals surface area contributed by atoms with Gasteiger partial charge < -0.3 is 19.3 Å². The van der Waals surface area contributed by atoms with E-state index in [9.17, 15) is 24.3 Å². The van der Waals surface area contributed by atoms with Crippen molar-refractivity contribution in [3.63, 3.8) is 0 Å². The molecule has 4 fully saturated rings. The topological polar surface area (TPSA) is 116 Å². The van der Waals surface area contributed by atoms with Gasteiger partial charge in [0.25, 0.3) is 0 Å². The fraction of sp³-hybridized carbons (Fsp3) is 0.657. The van der Waals surface area contributed by atoms with Crippen molar-refractivity contribution in [1.29, 1.82) is 0 Å². The molecule has 0 aromatic rings. The predicted octanol–water partition coefficient (Wildman–Crippen LogP) is 4.56. The molecule has 1 N–H and O–H groups in total. The van der Waals surface area contributed by atoms with Crippen molar-refractivity contribution in [2.24, 2.45) is 45.8 Å². The van der Waals surface area contributed by atoms with Gasteiger partial charge in [0.05, 0.1) is 16.9 Å². The highest BCUT2D eigenvalue weighted by molar-refractivity contribution is 6.09. The molecule has 0 radical (unpaired) electrons. The highest BCUT2D eigenvalue weighted by Crippen LogP contribution is 2.80. The first-order chi connectivity index (χ1) is 20.1. The first-order valence-electron chi connectivity index (χ1n) is 15.7. The highest BCUT2D eigenvalue weighted by Gasteiger charge is 2.84. The normalized spacial score (nSPS) is 47.6. The van der Waals surface area contributed by atoms with Gasteiger partial charge >= 0.3 is 17.9 Å². The number of ketones is 1. The number of aliphatic hydroxyl groups is 1. The van der Waals surface area contributed by atoms with E-state index in [1.807, 2.05) is 47.6 Å². The smallest absolute Gasteiger partial charge is 0.334 e. The standard InChI is InChI=1S/C35H42O8/c1-16(2)12-23(37)41-22-14-18(4)24-21(36)13-17(3)25(24)28-26(22)35(31(39)43-28)15-34-11-10-32(35,6)29(34)27-20(8-9-33(34,7)40)19(5)30(38)42-27/h10-11,13,16,20,22,25-29,40H,5,8-9,12,14-15H2,1-4,6-7H3/t20-,22-,25-,26+,27-,28+,29-,32+,33+,34?,35?/m0/s1. The minimum Gasteiger partial charge on any atom is -0.462 e. The first kappa shape index (κ1) is 28.8. The third-order valence-electron chi connectivity index (χ3n) is 12.6. The van der Waals surface area contributed by atoms with Crippen LogP contribution in [0.4, 0.5) is 0 Å². The summed E-state index contributed by atoms with van der Waals surface area (Å²) in [5.41, 5.74) is -1.47.